The number of nitrogens with zero attached hydrogens (tertiary/aromatic N) is 2. The third-order valence-corrected chi connectivity index (χ3v) is 4.77. The quantitative estimate of drug-likeness (QED) is 0.642. The number of carbonyl (C=O) groups is 1. The van der Waals surface area contributed by atoms with E-state index in [0.717, 1.165) is 10.1 Å². The van der Waals surface area contributed by atoms with Crippen LogP contribution in [0.15, 0.2) is 28.6 Å². The summed E-state index contributed by atoms with van der Waals surface area (Å²) in [6.45, 7) is 6.11. The molecule has 1 aromatic heterocycles. The second kappa shape index (κ2) is 7.56. The molecule has 1 N–H and O–H groups in total. The van der Waals surface area contributed by atoms with Crippen LogP contribution in [0.2, 0.25) is 0 Å². The summed E-state index contributed by atoms with van der Waals surface area (Å²) >= 11 is 3.05. The van der Waals surface area contributed by atoms with Gasteiger partial charge in [0, 0.05) is 12.2 Å². The molecule has 4 nitrogen and oxygen atoms in total. The standard InChI is InChI=1S/C15H19N3OS2/c1-10(2)8-13(19)16-14-17-18-15(21-14)20-9-12-6-4-11(3)5-7-12/h4-7,10H,8-9H2,1-3H3,(H,16,17,19). The zero-order valence-corrected chi connectivity index (χ0v) is 14.1. The second-order valence-electron chi connectivity index (χ2n) is 5.29. The molecule has 6 heteroatoms. The molecule has 0 aliphatic heterocycles. The fourth-order valence-corrected chi connectivity index (χ4v) is 3.41. The maximum atomic E-state index is 11.7. The first kappa shape index (κ1) is 16.0. The van der Waals surface area contributed by atoms with Crippen molar-refractivity contribution in [2.75, 3.05) is 5.32 Å². The molecule has 1 heterocycles. The van der Waals surface area contributed by atoms with Gasteiger partial charge >= 0.3 is 0 Å². The van der Waals surface area contributed by atoms with Crippen LogP contribution in [-0.4, -0.2) is 16.1 Å². The first-order valence-corrected chi connectivity index (χ1v) is 8.65. The normalized spacial score (nSPS) is 10.9. The first-order chi connectivity index (χ1) is 10.0. The van der Waals surface area contributed by atoms with Crippen LogP contribution >= 0.6 is 23.1 Å². The Bertz CT molecular complexity index is 593. The maximum absolute atomic E-state index is 11.7. The summed E-state index contributed by atoms with van der Waals surface area (Å²) in [5.41, 5.74) is 2.51. The van der Waals surface area contributed by atoms with E-state index in [9.17, 15) is 4.79 Å². The summed E-state index contributed by atoms with van der Waals surface area (Å²) in [5, 5.41) is 11.5. The van der Waals surface area contributed by atoms with E-state index in [4.69, 9.17) is 0 Å². The Labute approximate surface area is 133 Å². The minimum atomic E-state index is -0.00349. The molecule has 0 fully saturated rings. The molecule has 112 valence electrons. The molecule has 0 aliphatic rings. The average Bonchev–Trinajstić information content (AvgIpc) is 2.84. The van der Waals surface area contributed by atoms with Crippen LogP contribution in [0, 0.1) is 12.8 Å². The van der Waals surface area contributed by atoms with Gasteiger partial charge in [-0.15, -0.1) is 10.2 Å². The Morgan fingerprint density at radius 1 is 1.29 bits per heavy atom. The maximum Gasteiger partial charge on any atom is 0.226 e. The molecule has 2 rings (SSSR count). The number of benzene rings is 1. The lowest BCUT2D eigenvalue weighted by Gasteiger charge is -2.02. The van der Waals surface area contributed by atoms with Gasteiger partial charge in [0.05, 0.1) is 0 Å². The molecule has 1 amide bonds. The smallest absolute Gasteiger partial charge is 0.226 e. The highest BCUT2D eigenvalue weighted by molar-refractivity contribution is 8.00. The molecule has 0 aliphatic carbocycles. The highest BCUT2D eigenvalue weighted by Crippen LogP contribution is 2.28. The number of carbonyl (C=O) groups excluding carboxylic acids is 1. The Morgan fingerprint density at radius 2 is 2.00 bits per heavy atom. The third kappa shape index (κ3) is 5.47. The van der Waals surface area contributed by atoms with Gasteiger partial charge in [0.2, 0.25) is 11.0 Å². The van der Waals surface area contributed by atoms with E-state index < -0.39 is 0 Å². The van der Waals surface area contributed by atoms with Gasteiger partial charge in [-0.1, -0.05) is 66.8 Å². The van der Waals surface area contributed by atoms with Crippen LogP contribution < -0.4 is 5.32 Å². The van der Waals surface area contributed by atoms with Gasteiger partial charge in [-0.25, -0.2) is 0 Å². The fourth-order valence-electron chi connectivity index (χ4n) is 1.69. The first-order valence-electron chi connectivity index (χ1n) is 6.84. The Morgan fingerprint density at radius 3 is 2.67 bits per heavy atom. The third-order valence-electron chi connectivity index (χ3n) is 2.73. The molecule has 2 aromatic rings. The number of hydrogen-bond donors (Lipinski definition) is 1. The number of amides is 1. The van der Waals surface area contributed by atoms with Gasteiger partial charge in [-0.3, -0.25) is 4.79 Å². The van der Waals surface area contributed by atoms with Gasteiger partial charge < -0.3 is 5.32 Å². The molecule has 0 saturated heterocycles. The molecular weight excluding hydrogens is 302 g/mol. The van der Waals surface area contributed by atoms with E-state index in [2.05, 4.69) is 46.7 Å². The van der Waals surface area contributed by atoms with Crippen LogP contribution in [-0.2, 0) is 10.5 Å². The molecule has 0 radical (unpaired) electrons. The number of thioether (sulfide) groups is 1. The molecule has 21 heavy (non-hydrogen) atoms. The van der Waals surface area contributed by atoms with E-state index in [1.165, 1.54) is 22.5 Å². The van der Waals surface area contributed by atoms with Crippen molar-refractivity contribution in [1.29, 1.82) is 0 Å². The van der Waals surface area contributed by atoms with Crippen LogP contribution in [0.4, 0.5) is 5.13 Å². The zero-order valence-electron chi connectivity index (χ0n) is 12.4. The van der Waals surface area contributed by atoms with Gasteiger partial charge in [0.1, 0.15) is 0 Å². The summed E-state index contributed by atoms with van der Waals surface area (Å²) < 4.78 is 0.871. The van der Waals surface area contributed by atoms with E-state index >= 15 is 0 Å². The van der Waals surface area contributed by atoms with Crippen molar-refractivity contribution in [3.05, 3.63) is 35.4 Å². The van der Waals surface area contributed by atoms with Crippen molar-refractivity contribution in [2.45, 2.75) is 37.3 Å². The lowest BCUT2D eigenvalue weighted by molar-refractivity contribution is -0.116. The van der Waals surface area contributed by atoms with Crippen molar-refractivity contribution in [3.63, 3.8) is 0 Å². The fraction of sp³-hybridized carbons (Fsp3) is 0.400. The number of nitrogens with one attached hydrogen (secondary N) is 1. The molecule has 0 bridgehead atoms. The number of aromatic nitrogens is 2. The van der Waals surface area contributed by atoms with Crippen molar-refractivity contribution in [2.24, 2.45) is 5.92 Å². The van der Waals surface area contributed by atoms with Gasteiger partial charge in [-0.05, 0) is 18.4 Å². The van der Waals surface area contributed by atoms with Crippen molar-refractivity contribution in [3.8, 4) is 0 Å². The minimum absolute atomic E-state index is 0.00349. The average molecular weight is 321 g/mol. The Balaban J connectivity index is 1.85. The number of aryl methyl sites for hydroxylation is 1. The molecule has 0 atom stereocenters. The monoisotopic (exact) mass is 321 g/mol. The molecule has 0 saturated carbocycles. The lowest BCUT2D eigenvalue weighted by Crippen LogP contribution is -2.13. The van der Waals surface area contributed by atoms with Crippen LogP contribution in [0.1, 0.15) is 31.4 Å². The van der Waals surface area contributed by atoms with Gasteiger partial charge in [-0.2, -0.15) is 0 Å². The summed E-state index contributed by atoms with van der Waals surface area (Å²) in [6.07, 6.45) is 0.505. The summed E-state index contributed by atoms with van der Waals surface area (Å²) in [4.78, 5) is 11.7. The summed E-state index contributed by atoms with van der Waals surface area (Å²) in [7, 11) is 0. The summed E-state index contributed by atoms with van der Waals surface area (Å²) in [5.74, 6) is 1.19. The highest BCUT2D eigenvalue weighted by Gasteiger charge is 2.10. The number of anilines is 1. The number of hydrogen-bond acceptors (Lipinski definition) is 5. The SMILES string of the molecule is Cc1ccc(CSc2nnc(NC(=O)CC(C)C)s2)cc1. The number of rotatable bonds is 6. The predicted octanol–water partition coefficient (Wildman–Crippen LogP) is 4.12. The minimum Gasteiger partial charge on any atom is -0.300 e. The van der Waals surface area contributed by atoms with Crippen molar-refractivity contribution in [1.82, 2.24) is 10.2 Å². The molecular formula is C15H19N3OS2. The van der Waals surface area contributed by atoms with Crippen molar-refractivity contribution < 1.29 is 4.79 Å². The van der Waals surface area contributed by atoms with E-state index in [1.54, 1.807) is 11.8 Å². The van der Waals surface area contributed by atoms with Gasteiger partial charge in [0.25, 0.3) is 0 Å². The van der Waals surface area contributed by atoms with E-state index in [1.807, 2.05) is 13.8 Å². The molecule has 1 aromatic carbocycles. The predicted molar refractivity (Wildman–Crippen MR) is 88.7 cm³/mol. The Kier molecular flexibility index (Phi) is 5.76. The summed E-state index contributed by atoms with van der Waals surface area (Å²) in [6, 6.07) is 8.45. The van der Waals surface area contributed by atoms with Crippen molar-refractivity contribution >= 4 is 34.1 Å². The Hall–Kier alpha value is -1.40. The lowest BCUT2D eigenvalue weighted by atomic mass is 10.1. The zero-order chi connectivity index (χ0) is 15.2. The van der Waals surface area contributed by atoms with E-state index in [0.29, 0.717) is 17.5 Å². The molecule has 0 unspecified atom stereocenters. The van der Waals surface area contributed by atoms with Crippen LogP contribution in [0.5, 0.6) is 0 Å². The van der Waals surface area contributed by atoms with E-state index in [-0.39, 0.29) is 5.91 Å². The van der Waals surface area contributed by atoms with Crippen LogP contribution in [0.25, 0.3) is 0 Å². The topological polar surface area (TPSA) is 54.9 Å². The van der Waals surface area contributed by atoms with Crippen LogP contribution in [0.3, 0.4) is 0 Å². The van der Waals surface area contributed by atoms with Gasteiger partial charge in [0.15, 0.2) is 4.34 Å². The highest BCUT2D eigenvalue weighted by atomic mass is 32.2. The molecule has 0 spiro atoms. The largest absolute Gasteiger partial charge is 0.300 e. The second-order valence-corrected chi connectivity index (χ2v) is 7.49.